The number of aryl methyl sites for hydroxylation is 1. The van der Waals surface area contributed by atoms with E-state index < -0.39 is 0 Å². The molecule has 0 aliphatic carbocycles. The number of amides is 1. The van der Waals surface area contributed by atoms with Gasteiger partial charge in [-0.05, 0) is 37.2 Å². The molecule has 142 valence electrons. The van der Waals surface area contributed by atoms with Gasteiger partial charge in [-0.2, -0.15) is 4.98 Å². The molecule has 2 saturated heterocycles. The number of aromatic nitrogens is 2. The number of hydrogen-bond acceptors (Lipinski definition) is 5. The molecule has 0 unspecified atom stereocenters. The summed E-state index contributed by atoms with van der Waals surface area (Å²) >= 11 is 0. The van der Waals surface area contributed by atoms with E-state index in [1.165, 1.54) is 0 Å². The fourth-order valence-electron chi connectivity index (χ4n) is 4.69. The molecule has 1 aromatic heterocycles. The second-order valence-electron chi connectivity index (χ2n) is 8.07. The Kier molecular flexibility index (Phi) is 4.50. The van der Waals surface area contributed by atoms with Gasteiger partial charge in [0.25, 0.3) is 0 Å². The lowest BCUT2D eigenvalue weighted by molar-refractivity contribution is -0.138. The number of anilines is 2. The van der Waals surface area contributed by atoms with E-state index in [1.807, 2.05) is 43.1 Å². The van der Waals surface area contributed by atoms with Gasteiger partial charge < -0.3 is 15.5 Å². The first-order valence-corrected chi connectivity index (χ1v) is 9.62. The van der Waals surface area contributed by atoms with Crippen molar-refractivity contribution in [2.75, 3.05) is 37.3 Å². The third kappa shape index (κ3) is 3.48. The lowest BCUT2D eigenvalue weighted by Crippen LogP contribution is -2.53. The minimum absolute atomic E-state index is 0.0339. The van der Waals surface area contributed by atoms with Gasteiger partial charge in [0.2, 0.25) is 11.9 Å². The molecule has 2 N–H and O–H groups in total. The van der Waals surface area contributed by atoms with Gasteiger partial charge >= 0.3 is 0 Å². The molecule has 6 heteroatoms. The summed E-state index contributed by atoms with van der Waals surface area (Å²) in [4.78, 5) is 25.6. The maximum Gasteiger partial charge on any atom is 0.229 e. The average Bonchev–Trinajstić information content (AvgIpc) is 2.65. The Balaban J connectivity index is 1.52. The average molecular weight is 365 g/mol. The smallest absolute Gasteiger partial charge is 0.229 e. The Hall–Kier alpha value is -2.63. The van der Waals surface area contributed by atoms with Gasteiger partial charge in [0, 0.05) is 38.4 Å². The standard InChI is InChI=1S/C21H27N5O/c1-15-12-18(24-20(22)23-15)26-10-8-21(9-11-26)13-17(19(27)25(2)14-21)16-6-4-3-5-7-16/h3-7,12,17H,8-11,13-14H2,1-2H3,(H2,22,23,24)/t17-/m0/s1. The van der Waals surface area contributed by atoms with E-state index >= 15 is 0 Å². The summed E-state index contributed by atoms with van der Waals surface area (Å²) in [7, 11) is 1.94. The van der Waals surface area contributed by atoms with Crippen LogP contribution in [0.2, 0.25) is 0 Å². The molecule has 2 fully saturated rings. The maximum absolute atomic E-state index is 12.8. The molecular formula is C21H27N5O. The molecule has 1 atom stereocenters. The highest BCUT2D eigenvalue weighted by molar-refractivity contribution is 5.84. The Labute approximate surface area is 160 Å². The number of nitrogens with two attached hydrogens (primary N) is 1. The van der Waals surface area contributed by atoms with E-state index in [-0.39, 0.29) is 17.2 Å². The van der Waals surface area contributed by atoms with Gasteiger partial charge in [-0.1, -0.05) is 30.3 Å². The van der Waals surface area contributed by atoms with Gasteiger partial charge in [0.1, 0.15) is 5.82 Å². The number of benzene rings is 1. The number of nitrogens with zero attached hydrogens (tertiary/aromatic N) is 4. The normalized spacial score (nSPS) is 22.3. The van der Waals surface area contributed by atoms with Crippen molar-refractivity contribution in [3.8, 4) is 0 Å². The number of piperidine rings is 2. The summed E-state index contributed by atoms with van der Waals surface area (Å²) in [6.07, 6.45) is 3.03. The van der Waals surface area contributed by atoms with Crippen LogP contribution in [0.4, 0.5) is 11.8 Å². The molecule has 2 aromatic rings. The van der Waals surface area contributed by atoms with E-state index in [0.717, 1.165) is 56.0 Å². The zero-order valence-corrected chi connectivity index (χ0v) is 16.1. The van der Waals surface area contributed by atoms with Crippen LogP contribution >= 0.6 is 0 Å². The molecule has 0 radical (unpaired) electrons. The zero-order valence-electron chi connectivity index (χ0n) is 16.1. The summed E-state index contributed by atoms with van der Waals surface area (Å²) < 4.78 is 0. The summed E-state index contributed by atoms with van der Waals surface area (Å²) in [5.41, 5.74) is 8.03. The van der Waals surface area contributed by atoms with Crippen LogP contribution in [0.15, 0.2) is 36.4 Å². The molecule has 4 rings (SSSR count). The van der Waals surface area contributed by atoms with Crippen LogP contribution in [-0.4, -0.2) is 47.5 Å². The summed E-state index contributed by atoms with van der Waals surface area (Å²) in [6, 6.07) is 12.2. The van der Waals surface area contributed by atoms with E-state index in [1.54, 1.807) is 0 Å². The third-order valence-electron chi connectivity index (χ3n) is 6.09. The van der Waals surface area contributed by atoms with Crippen molar-refractivity contribution in [2.45, 2.75) is 32.1 Å². The summed E-state index contributed by atoms with van der Waals surface area (Å²) in [5, 5.41) is 0. The Morgan fingerprint density at radius 1 is 1.15 bits per heavy atom. The third-order valence-corrected chi connectivity index (χ3v) is 6.09. The topological polar surface area (TPSA) is 75.4 Å². The molecule has 27 heavy (non-hydrogen) atoms. The first kappa shape index (κ1) is 17.8. The van der Waals surface area contributed by atoms with Crippen LogP contribution in [0.1, 0.15) is 36.4 Å². The Morgan fingerprint density at radius 2 is 1.85 bits per heavy atom. The minimum atomic E-state index is -0.0339. The molecule has 0 saturated carbocycles. The van der Waals surface area contributed by atoms with Crippen LogP contribution in [0.25, 0.3) is 0 Å². The van der Waals surface area contributed by atoms with Crippen LogP contribution < -0.4 is 10.6 Å². The highest BCUT2D eigenvalue weighted by Gasteiger charge is 2.45. The molecule has 3 heterocycles. The van der Waals surface area contributed by atoms with E-state index in [0.29, 0.717) is 5.95 Å². The van der Waals surface area contributed by atoms with Crippen LogP contribution in [-0.2, 0) is 4.79 Å². The Bertz CT molecular complexity index is 809. The number of carbonyl (C=O) groups is 1. The fourth-order valence-corrected chi connectivity index (χ4v) is 4.69. The number of likely N-dealkylation sites (N-methyl/N-ethyl adjacent to an activating group) is 1. The number of rotatable bonds is 2. The van der Waals surface area contributed by atoms with Crippen LogP contribution in [0.3, 0.4) is 0 Å². The predicted molar refractivity (Wildman–Crippen MR) is 106 cm³/mol. The van der Waals surface area contributed by atoms with Gasteiger partial charge in [0.15, 0.2) is 0 Å². The molecule has 6 nitrogen and oxygen atoms in total. The molecule has 1 spiro atoms. The van der Waals surface area contributed by atoms with Gasteiger partial charge in [-0.25, -0.2) is 4.98 Å². The van der Waals surface area contributed by atoms with Crippen molar-refractivity contribution in [2.24, 2.45) is 5.41 Å². The molecule has 2 aliphatic rings. The number of carbonyl (C=O) groups excluding carboxylic acids is 1. The molecule has 2 aliphatic heterocycles. The summed E-state index contributed by atoms with van der Waals surface area (Å²) in [5.74, 6) is 1.45. The largest absolute Gasteiger partial charge is 0.368 e. The van der Waals surface area contributed by atoms with Crippen LogP contribution in [0, 0.1) is 12.3 Å². The second-order valence-corrected chi connectivity index (χ2v) is 8.07. The highest BCUT2D eigenvalue weighted by atomic mass is 16.2. The van der Waals surface area contributed by atoms with Gasteiger partial charge in [-0.3, -0.25) is 4.79 Å². The van der Waals surface area contributed by atoms with Gasteiger partial charge in [-0.15, -0.1) is 0 Å². The molecule has 1 amide bonds. The van der Waals surface area contributed by atoms with Crippen molar-refractivity contribution >= 4 is 17.7 Å². The lowest BCUT2D eigenvalue weighted by atomic mass is 9.68. The number of nitrogen functional groups attached to an aromatic ring is 1. The van der Waals surface area contributed by atoms with E-state index in [9.17, 15) is 4.79 Å². The Morgan fingerprint density at radius 3 is 2.52 bits per heavy atom. The second kappa shape index (κ2) is 6.83. The van der Waals surface area contributed by atoms with Crippen LogP contribution in [0.5, 0.6) is 0 Å². The molecule has 1 aromatic carbocycles. The maximum atomic E-state index is 12.8. The zero-order chi connectivity index (χ0) is 19.0. The van der Waals surface area contributed by atoms with Crippen molar-refractivity contribution in [1.29, 1.82) is 0 Å². The quantitative estimate of drug-likeness (QED) is 0.885. The monoisotopic (exact) mass is 365 g/mol. The summed E-state index contributed by atoms with van der Waals surface area (Å²) in [6.45, 7) is 4.64. The fraction of sp³-hybridized carbons (Fsp3) is 0.476. The highest BCUT2D eigenvalue weighted by Crippen LogP contribution is 2.45. The van der Waals surface area contributed by atoms with E-state index in [4.69, 9.17) is 5.73 Å². The minimum Gasteiger partial charge on any atom is -0.368 e. The van der Waals surface area contributed by atoms with E-state index in [2.05, 4.69) is 27.0 Å². The van der Waals surface area contributed by atoms with Crippen molar-refractivity contribution in [3.63, 3.8) is 0 Å². The van der Waals surface area contributed by atoms with Crippen molar-refractivity contribution < 1.29 is 4.79 Å². The first-order valence-electron chi connectivity index (χ1n) is 9.62. The van der Waals surface area contributed by atoms with Crippen molar-refractivity contribution in [3.05, 3.63) is 47.7 Å². The number of likely N-dealkylation sites (tertiary alicyclic amines) is 1. The predicted octanol–water partition coefficient (Wildman–Crippen LogP) is 2.60. The van der Waals surface area contributed by atoms with Crippen molar-refractivity contribution in [1.82, 2.24) is 14.9 Å². The molecule has 0 bridgehead atoms. The first-order chi connectivity index (χ1) is 13.0. The number of hydrogen-bond donors (Lipinski definition) is 1. The lowest BCUT2D eigenvalue weighted by Gasteiger charge is -2.49. The molecular weight excluding hydrogens is 338 g/mol. The van der Waals surface area contributed by atoms with Gasteiger partial charge in [0.05, 0.1) is 5.92 Å². The SMILES string of the molecule is Cc1cc(N2CCC3(CC2)C[C@@H](c2ccccc2)C(=O)N(C)C3)nc(N)n1.